The van der Waals surface area contributed by atoms with Gasteiger partial charge in [0.05, 0.1) is 11.2 Å². The smallest absolute Gasteiger partial charge is 0.370 e. The molecule has 0 aromatic heterocycles. The van der Waals surface area contributed by atoms with Crippen molar-refractivity contribution in [3.8, 4) is 0 Å². The van der Waals surface area contributed by atoms with E-state index in [2.05, 4.69) is 0 Å². The average molecular weight is 497 g/mol. The zero-order chi connectivity index (χ0) is 23.2. The zero-order valence-corrected chi connectivity index (χ0v) is 18.3. The van der Waals surface area contributed by atoms with Gasteiger partial charge in [-0.3, -0.25) is 18.3 Å². The van der Waals surface area contributed by atoms with Gasteiger partial charge in [0.1, 0.15) is 18.0 Å². The summed E-state index contributed by atoms with van der Waals surface area (Å²) in [7, 11) is -9.33. The molecule has 0 aromatic carbocycles. The highest BCUT2D eigenvalue weighted by molar-refractivity contribution is 7.87. The van der Waals surface area contributed by atoms with E-state index < -0.39 is 79.4 Å². The van der Waals surface area contributed by atoms with Crippen LogP contribution in [0.25, 0.3) is 0 Å². The second-order valence-corrected chi connectivity index (χ2v) is 12.8. The number of carbonyl (C=O) groups excluding carboxylic acids is 2. The number of carbonyl (C=O) groups is 2. The lowest BCUT2D eigenvalue weighted by Gasteiger charge is -2.30. The van der Waals surface area contributed by atoms with Crippen molar-refractivity contribution >= 4 is 32.0 Å². The van der Waals surface area contributed by atoms with Crippen molar-refractivity contribution in [2.24, 2.45) is 35.5 Å². The molecule has 0 spiro atoms. The Morgan fingerprint density at radius 3 is 2.44 bits per heavy atom. The lowest BCUT2D eigenvalue weighted by atomic mass is 9.79. The first-order valence-corrected chi connectivity index (χ1v) is 13.4. The quantitative estimate of drug-likeness (QED) is 0.239. The Hall–Kier alpha value is -1.44. The Morgan fingerprint density at radius 2 is 1.78 bits per heavy atom. The van der Waals surface area contributed by atoms with Gasteiger partial charge >= 0.3 is 21.3 Å². The summed E-state index contributed by atoms with van der Waals surface area (Å²) in [5, 5.41) is -5.03. The number of esters is 1. The van der Waals surface area contributed by atoms with E-state index in [1.807, 2.05) is 0 Å². The molecule has 1 saturated heterocycles. The number of fused-ring (bicyclic) bond motifs is 3. The highest BCUT2D eigenvalue weighted by Crippen LogP contribution is 2.56. The molecular formula is C19H22F2O9S2. The van der Waals surface area contributed by atoms with E-state index in [4.69, 9.17) is 13.5 Å². The van der Waals surface area contributed by atoms with Crippen LogP contribution < -0.4 is 0 Å². The van der Waals surface area contributed by atoms with E-state index in [-0.39, 0.29) is 23.7 Å². The van der Waals surface area contributed by atoms with Crippen LogP contribution in [0, 0.1) is 35.5 Å². The Morgan fingerprint density at radius 1 is 1.12 bits per heavy atom. The largest absolute Gasteiger partial charge is 0.459 e. The normalized spacial score (nSPS) is 43.2. The molecule has 3 saturated carbocycles. The SMILES string of the molecule is O=C(CCC(F)(F)S(=O)(=O)O)C1C2C=CC(C2)C1C(=O)OC1C2CC3C1OS(=O)(=O)C3C2. The Labute approximate surface area is 183 Å². The van der Waals surface area contributed by atoms with Crippen molar-refractivity contribution < 1.29 is 48.7 Å². The Balaban J connectivity index is 1.29. The van der Waals surface area contributed by atoms with Crippen molar-refractivity contribution in [1.29, 1.82) is 0 Å². The second-order valence-electron chi connectivity index (χ2n) is 9.47. The first-order valence-electron chi connectivity index (χ1n) is 10.5. The van der Waals surface area contributed by atoms with Crippen LogP contribution in [0.1, 0.15) is 32.1 Å². The predicted octanol–water partition coefficient (Wildman–Crippen LogP) is 1.30. The number of hydrogen-bond donors (Lipinski definition) is 1. The number of allylic oxidation sites excluding steroid dienone is 2. The number of ether oxygens (including phenoxy) is 1. The van der Waals surface area contributed by atoms with Crippen molar-refractivity contribution in [2.45, 2.75) is 54.8 Å². The standard InChI is InChI=1S/C19H22F2O9S2/c20-19(21,32(26,27)28)4-3-12(22)14-8-1-2-9(5-8)15(14)18(23)29-16-10-6-11-13(7-10)31(24,25)30-17(11)16/h1-2,8-11,13-17H,3-7H2,(H,26,27,28). The maximum absolute atomic E-state index is 13.6. The van der Waals surface area contributed by atoms with E-state index in [1.54, 1.807) is 12.2 Å². The molecule has 32 heavy (non-hydrogen) atoms. The zero-order valence-electron chi connectivity index (χ0n) is 16.7. The summed E-state index contributed by atoms with van der Waals surface area (Å²) in [4.78, 5) is 25.8. The van der Waals surface area contributed by atoms with Gasteiger partial charge in [-0.1, -0.05) is 12.2 Å². The lowest BCUT2D eigenvalue weighted by Crippen LogP contribution is -2.42. The van der Waals surface area contributed by atoms with E-state index in [0.29, 0.717) is 19.3 Å². The van der Waals surface area contributed by atoms with Crippen LogP contribution >= 0.6 is 0 Å². The first kappa shape index (κ1) is 22.4. The number of Topliss-reactive ketones (excluding diaryl/α,β-unsaturated/α-hetero) is 1. The second kappa shape index (κ2) is 7.03. The molecule has 5 aliphatic rings. The summed E-state index contributed by atoms with van der Waals surface area (Å²) in [6, 6.07) is 0. The van der Waals surface area contributed by atoms with Gasteiger partial charge in [-0.2, -0.15) is 25.6 Å². The molecular weight excluding hydrogens is 474 g/mol. The Kier molecular flexibility index (Phi) is 4.91. The van der Waals surface area contributed by atoms with E-state index in [9.17, 15) is 35.2 Å². The highest BCUT2D eigenvalue weighted by Gasteiger charge is 2.66. The lowest BCUT2D eigenvalue weighted by molar-refractivity contribution is -0.165. The van der Waals surface area contributed by atoms with Gasteiger partial charge < -0.3 is 4.74 Å². The molecule has 9 unspecified atom stereocenters. The summed E-state index contributed by atoms with van der Waals surface area (Å²) < 4.78 is 92.5. The van der Waals surface area contributed by atoms with Crippen LogP contribution in [0.15, 0.2) is 12.2 Å². The minimum absolute atomic E-state index is 0.145. The fourth-order valence-corrected chi connectivity index (χ4v) is 8.65. The van der Waals surface area contributed by atoms with Crippen LogP contribution in [0.3, 0.4) is 0 Å². The highest BCUT2D eigenvalue weighted by atomic mass is 32.2. The van der Waals surface area contributed by atoms with Crippen LogP contribution in [0.4, 0.5) is 8.78 Å². The van der Waals surface area contributed by atoms with Crippen molar-refractivity contribution in [3.63, 3.8) is 0 Å². The molecule has 9 nitrogen and oxygen atoms in total. The molecule has 1 heterocycles. The van der Waals surface area contributed by atoms with Crippen molar-refractivity contribution in [2.75, 3.05) is 0 Å². The average Bonchev–Trinajstić information content (AvgIpc) is 3.46. The number of halogens is 2. The van der Waals surface area contributed by atoms with Gasteiger partial charge in [-0.15, -0.1) is 0 Å². The number of hydrogen-bond acceptors (Lipinski definition) is 8. The van der Waals surface area contributed by atoms with Gasteiger partial charge in [-0.25, -0.2) is 0 Å². The maximum Gasteiger partial charge on any atom is 0.370 e. The molecule has 0 amide bonds. The molecule has 5 rings (SSSR count). The van der Waals surface area contributed by atoms with Crippen LogP contribution in [0.2, 0.25) is 0 Å². The number of alkyl halides is 2. The fourth-order valence-electron chi connectivity index (χ4n) is 6.40. The van der Waals surface area contributed by atoms with Gasteiger partial charge in [0.2, 0.25) is 0 Å². The number of rotatable bonds is 7. The van der Waals surface area contributed by atoms with Crippen LogP contribution in [0.5, 0.6) is 0 Å². The third kappa shape index (κ3) is 3.26. The third-order valence-corrected chi connectivity index (χ3v) is 10.5. The summed E-state index contributed by atoms with van der Waals surface area (Å²) in [6.07, 6.45) is 1.25. The van der Waals surface area contributed by atoms with Crippen molar-refractivity contribution in [3.05, 3.63) is 12.2 Å². The van der Waals surface area contributed by atoms with E-state index in [1.165, 1.54) is 0 Å². The molecule has 178 valence electrons. The van der Waals surface area contributed by atoms with Gasteiger partial charge in [0.15, 0.2) is 0 Å². The molecule has 4 fully saturated rings. The van der Waals surface area contributed by atoms with Gasteiger partial charge in [-0.05, 0) is 31.1 Å². The van der Waals surface area contributed by atoms with Crippen LogP contribution in [-0.4, -0.2) is 55.9 Å². The molecule has 0 aromatic rings. The van der Waals surface area contributed by atoms with Crippen molar-refractivity contribution in [1.82, 2.24) is 0 Å². The summed E-state index contributed by atoms with van der Waals surface area (Å²) in [6.45, 7) is 0. The molecule has 4 bridgehead atoms. The molecule has 4 aliphatic carbocycles. The molecule has 0 radical (unpaired) electrons. The van der Waals surface area contributed by atoms with E-state index >= 15 is 0 Å². The maximum atomic E-state index is 13.6. The first-order chi connectivity index (χ1) is 14.8. The topological polar surface area (TPSA) is 141 Å². The van der Waals surface area contributed by atoms with Gasteiger partial charge in [0.25, 0.3) is 10.1 Å². The monoisotopic (exact) mass is 496 g/mol. The summed E-state index contributed by atoms with van der Waals surface area (Å²) in [5.74, 6) is -4.27. The van der Waals surface area contributed by atoms with Gasteiger partial charge in [0, 0.05) is 30.6 Å². The van der Waals surface area contributed by atoms with Crippen LogP contribution in [-0.2, 0) is 38.7 Å². The summed E-state index contributed by atoms with van der Waals surface area (Å²) >= 11 is 0. The molecule has 9 atom stereocenters. The minimum atomic E-state index is -5.65. The summed E-state index contributed by atoms with van der Waals surface area (Å²) in [5.41, 5.74) is 0. The molecule has 1 aliphatic heterocycles. The predicted molar refractivity (Wildman–Crippen MR) is 102 cm³/mol. The Bertz CT molecular complexity index is 1100. The third-order valence-electron chi connectivity index (χ3n) is 7.81. The number of ketones is 1. The molecule has 13 heteroatoms. The van der Waals surface area contributed by atoms with E-state index in [0.717, 1.165) is 0 Å². The minimum Gasteiger partial charge on any atom is -0.459 e. The fraction of sp³-hybridized carbons (Fsp3) is 0.789. The molecule has 1 N–H and O–H groups in total.